The maximum absolute atomic E-state index is 3.55. The van der Waals surface area contributed by atoms with Gasteiger partial charge in [-0.05, 0) is 38.3 Å². The van der Waals surface area contributed by atoms with Crippen LogP contribution in [-0.4, -0.2) is 18.8 Å². The number of aryl methyl sites for hydroxylation is 1. The van der Waals surface area contributed by atoms with Gasteiger partial charge in [-0.15, -0.1) is 0 Å². The standard InChI is InChI=1S/C17H27NS/c1-14-7-6-8-15(11-14)12-19-13-17(18-2)16-9-4-3-5-10-16/h6-8,11,16-18H,3-5,9-10,12-13H2,1-2H3. The van der Waals surface area contributed by atoms with Gasteiger partial charge in [0, 0.05) is 17.5 Å². The van der Waals surface area contributed by atoms with Crippen LogP contribution in [0.5, 0.6) is 0 Å². The predicted molar refractivity (Wildman–Crippen MR) is 86.8 cm³/mol. The largest absolute Gasteiger partial charge is 0.316 e. The van der Waals surface area contributed by atoms with E-state index in [2.05, 4.69) is 55.3 Å². The molecule has 1 atom stereocenters. The summed E-state index contributed by atoms with van der Waals surface area (Å²) in [5.41, 5.74) is 2.83. The van der Waals surface area contributed by atoms with Crippen LogP contribution in [0.25, 0.3) is 0 Å². The predicted octanol–water partition coefficient (Wildman–Crippen LogP) is 4.40. The molecule has 1 aromatic carbocycles. The molecule has 1 N–H and O–H groups in total. The maximum atomic E-state index is 3.55. The zero-order chi connectivity index (χ0) is 13.5. The molecule has 1 aromatic rings. The monoisotopic (exact) mass is 277 g/mol. The fourth-order valence-electron chi connectivity index (χ4n) is 3.10. The summed E-state index contributed by atoms with van der Waals surface area (Å²) in [6.07, 6.45) is 7.17. The summed E-state index contributed by atoms with van der Waals surface area (Å²) < 4.78 is 0. The molecule has 0 spiro atoms. The first-order valence-electron chi connectivity index (χ1n) is 7.60. The summed E-state index contributed by atoms with van der Waals surface area (Å²) >= 11 is 2.08. The van der Waals surface area contributed by atoms with E-state index in [-0.39, 0.29) is 0 Å². The molecule has 1 nitrogen and oxygen atoms in total. The zero-order valence-corrected chi connectivity index (χ0v) is 13.1. The number of hydrogen-bond acceptors (Lipinski definition) is 2. The van der Waals surface area contributed by atoms with Gasteiger partial charge in [0.1, 0.15) is 0 Å². The fourth-order valence-corrected chi connectivity index (χ4v) is 4.32. The fraction of sp³-hybridized carbons (Fsp3) is 0.647. The molecule has 1 aliphatic carbocycles. The molecule has 0 heterocycles. The van der Waals surface area contributed by atoms with Gasteiger partial charge in [0.2, 0.25) is 0 Å². The highest BCUT2D eigenvalue weighted by Gasteiger charge is 2.21. The Kier molecular flexibility index (Phi) is 6.25. The topological polar surface area (TPSA) is 12.0 Å². The van der Waals surface area contributed by atoms with Gasteiger partial charge < -0.3 is 5.32 Å². The highest BCUT2D eigenvalue weighted by atomic mass is 32.2. The van der Waals surface area contributed by atoms with E-state index >= 15 is 0 Å². The molecule has 1 fully saturated rings. The zero-order valence-electron chi connectivity index (χ0n) is 12.3. The van der Waals surface area contributed by atoms with Crippen molar-refractivity contribution in [2.75, 3.05) is 12.8 Å². The average Bonchev–Trinajstić information content (AvgIpc) is 2.45. The van der Waals surface area contributed by atoms with E-state index in [1.807, 2.05) is 0 Å². The molecule has 0 aliphatic heterocycles. The van der Waals surface area contributed by atoms with E-state index in [1.165, 1.54) is 49.0 Å². The third-order valence-corrected chi connectivity index (χ3v) is 5.37. The Labute approximate surface area is 122 Å². The molecule has 1 unspecified atom stereocenters. The normalized spacial score (nSPS) is 18.4. The van der Waals surface area contributed by atoms with Crippen LogP contribution in [0.3, 0.4) is 0 Å². The number of nitrogens with one attached hydrogen (secondary N) is 1. The molecular weight excluding hydrogens is 250 g/mol. The Bertz CT molecular complexity index is 371. The summed E-state index contributed by atoms with van der Waals surface area (Å²) in [7, 11) is 2.13. The quantitative estimate of drug-likeness (QED) is 0.827. The lowest BCUT2D eigenvalue weighted by atomic mass is 9.84. The van der Waals surface area contributed by atoms with E-state index in [1.54, 1.807) is 0 Å². The van der Waals surface area contributed by atoms with Crippen molar-refractivity contribution in [2.45, 2.75) is 50.8 Å². The molecule has 0 aromatic heterocycles. The van der Waals surface area contributed by atoms with Gasteiger partial charge in [-0.2, -0.15) is 11.8 Å². The van der Waals surface area contributed by atoms with Gasteiger partial charge in [-0.1, -0.05) is 49.1 Å². The first kappa shape index (κ1) is 14.9. The van der Waals surface area contributed by atoms with Gasteiger partial charge in [0.15, 0.2) is 0 Å². The van der Waals surface area contributed by atoms with Gasteiger partial charge in [-0.25, -0.2) is 0 Å². The van der Waals surface area contributed by atoms with E-state index in [9.17, 15) is 0 Å². The second-order valence-corrected chi connectivity index (χ2v) is 6.83. The van der Waals surface area contributed by atoms with E-state index in [0.29, 0.717) is 6.04 Å². The molecule has 2 heteroatoms. The van der Waals surface area contributed by atoms with E-state index in [4.69, 9.17) is 0 Å². The average molecular weight is 277 g/mol. The molecular formula is C17H27NS. The lowest BCUT2D eigenvalue weighted by molar-refractivity contribution is 0.294. The van der Waals surface area contributed by atoms with Crippen LogP contribution in [-0.2, 0) is 5.75 Å². The van der Waals surface area contributed by atoms with Crippen molar-refractivity contribution >= 4 is 11.8 Å². The smallest absolute Gasteiger partial charge is 0.0185 e. The molecule has 1 aliphatic rings. The first-order valence-corrected chi connectivity index (χ1v) is 8.75. The Hall–Kier alpha value is -0.470. The van der Waals surface area contributed by atoms with Crippen molar-refractivity contribution in [3.8, 4) is 0 Å². The summed E-state index contributed by atoms with van der Waals surface area (Å²) in [6.45, 7) is 2.17. The van der Waals surface area contributed by atoms with E-state index < -0.39 is 0 Å². The molecule has 2 rings (SSSR count). The second-order valence-electron chi connectivity index (χ2n) is 5.80. The minimum atomic E-state index is 0.704. The van der Waals surface area contributed by atoms with Crippen molar-refractivity contribution in [2.24, 2.45) is 5.92 Å². The van der Waals surface area contributed by atoms with Crippen LogP contribution in [0.1, 0.15) is 43.2 Å². The molecule has 0 bridgehead atoms. The number of rotatable bonds is 6. The van der Waals surface area contributed by atoms with Crippen molar-refractivity contribution in [3.63, 3.8) is 0 Å². The highest BCUT2D eigenvalue weighted by Crippen LogP contribution is 2.28. The summed E-state index contributed by atoms with van der Waals surface area (Å²) in [6, 6.07) is 9.60. The number of thioether (sulfide) groups is 1. The third-order valence-electron chi connectivity index (χ3n) is 4.24. The number of benzene rings is 1. The van der Waals surface area contributed by atoms with Gasteiger partial charge in [0.25, 0.3) is 0 Å². The lowest BCUT2D eigenvalue weighted by Gasteiger charge is -2.29. The van der Waals surface area contributed by atoms with Gasteiger partial charge >= 0.3 is 0 Å². The second kappa shape index (κ2) is 7.96. The Morgan fingerprint density at radius 1 is 1.26 bits per heavy atom. The van der Waals surface area contributed by atoms with Crippen LogP contribution < -0.4 is 5.32 Å². The van der Waals surface area contributed by atoms with Crippen LogP contribution in [0.2, 0.25) is 0 Å². The Morgan fingerprint density at radius 2 is 2.05 bits per heavy atom. The van der Waals surface area contributed by atoms with Crippen LogP contribution in [0, 0.1) is 12.8 Å². The minimum absolute atomic E-state index is 0.704. The van der Waals surface area contributed by atoms with Crippen LogP contribution >= 0.6 is 11.8 Å². The summed E-state index contributed by atoms with van der Waals surface area (Å²) in [5.74, 6) is 3.30. The minimum Gasteiger partial charge on any atom is -0.316 e. The molecule has 106 valence electrons. The molecule has 0 amide bonds. The first-order chi connectivity index (χ1) is 9.29. The van der Waals surface area contributed by atoms with Crippen molar-refractivity contribution in [1.82, 2.24) is 5.32 Å². The molecule has 1 saturated carbocycles. The van der Waals surface area contributed by atoms with Crippen LogP contribution in [0.4, 0.5) is 0 Å². The molecule has 0 radical (unpaired) electrons. The molecule has 19 heavy (non-hydrogen) atoms. The van der Waals surface area contributed by atoms with Crippen molar-refractivity contribution < 1.29 is 0 Å². The highest BCUT2D eigenvalue weighted by molar-refractivity contribution is 7.98. The lowest BCUT2D eigenvalue weighted by Crippen LogP contribution is -2.36. The third kappa shape index (κ3) is 4.85. The SMILES string of the molecule is CNC(CSCc1cccc(C)c1)C1CCCCC1. The van der Waals surface area contributed by atoms with Crippen molar-refractivity contribution in [3.05, 3.63) is 35.4 Å². The van der Waals surface area contributed by atoms with Crippen molar-refractivity contribution in [1.29, 1.82) is 0 Å². The van der Waals surface area contributed by atoms with Crippen LogP contribution in [0.15, 0.2) is 24.3 Å². The van der Waals surface area contributed by atoms with E-state index in [0.717, 1.165) is 11.7 Å². The van der Waals surface area contributed by atoms with Gasteiger partial charge in [0.05, 0.1) is 0 Å². The summed E-state index contributed by atoms with van der Waals surface area (Å²) in [5, 5.41) is 3.55. The Morgan fingerprint density at radius 3 is 2.74 bits per heavy atom. The molecule has 0 saturated heterocycles. The Balaban J connectivity index is 1.76. The number of hydrogen-bond donors (Lipinski definition) is 1. The summed E-state index contributed by atoms with van der Waals surface area (Å²) in [4.78, 5) is 0. The van der Waals surface area contributed by atoms with Gasteiger partial charge in [-0.3, -0.25) is 0 Å². The maximum Gasteiger partial charge on any atom is 0.0185 e.